The lowest BCUT2D eigenvalue weighted by Gasteiger charge is -2.29. The third kappa shape index (κ3) is 4.70. The maximum Gasteiger partial charge on any atom is 0.00700 e. The highest BCUT2D eigenvalue weighted by molar-refractivity contribution is 7.99. The van der Waals surface area contributed by atoms with Crippen LogP contribution in [0.15, 0.2) is 0 Å². The molecule has 0 aromatic carbocycles. The second kappa shape index (κ2) is 7.58. The fourth-order valence-electron chi connectivity index (χ4n) is 2.33. The third-order valence-electron chi connectivity index (χ3n) is 3.24. The van der Waals surface area contributed by atoms with Crippen LogP contribution < -0.4 is 5.32 Å². The quantitative estimate of drug-likeness (QED) is 0.682. The maximum absolute atomic E-state index is 3.70. The SMILES string of the molecule is CCSCCNC1CCCC(CC)C1. The Balaban J connectivity index is 2.05. The Bertz CT molecular complexity index is 138. The molecule has 1 rings (SSSR count). The number of nitrogens with one attached hydrogen (secondary N) is 1. The van der Waals surface area contributed by atoms with E-state index < -0.39 is 0 Å². The molecule has 2 unspecified atom stereocenters. The highest BCUT2D eigenvalue weighted by atomic mass is 32.2. The van der Waals surface area contributed by atoms with Crippen molar-refractivity contribution in [1.29, 1.82) is 0 Å². The van der Waals surface area contributed by atoms with E-state index in [1.54, 1.807) is 0 Å². The highest BCUT2D eigenvalue weighted by Crippen LogP contribution is 2.26. The minimum Gasteiger partial charge on any atom is -0.313 e. The van der Waals surface area contributed by atoms with E-state index >= 15 is 0 Å². The van der Waals surface area contributed by atoms with Crippen molar-refractivity contribution >= 4 is 11.8 Å². The molecule has 1 nitrogen and oxygen atoms in total. The van der Waals surface area contributed by atoms with E-state index in [1.807, 2.05) is 11.8 Å². The van der Waals surface area contributed by atoms with Gasteiger partial charge in [-0.15, -0.1) is 0 Å². The Hall–Kier alpha value is 0.310. The summed E-state index contributed by atoms with van der Waals surface area (Å²) in [6.45, 7) is 5.78. The Kier molecular flexibility index (Phi) is 6.70. The molecule has 1 aliphatic rings. The Morgan fingerprint density at radius 2 is 2.14 bits per heavy atom. The van der Waals surface area contributed by atoms with Crippen LogP contribution in [0.3, 0.4) is 0 Å². The van der Waals surface area contributed by atoms with Crippen LogP contribution in [0, 0.1) is 5.92 Å². The van der Waals surface area contributed by atoms with Gasteiger partial charge >= 0.3 is 0 Å². The Morgan fingerprint density at radius 3 is 2.86 bits per heavy atom. The first kappa shape index (κ1) is 12.4. The summed E-state index contributed by atoms with van der Waals surface area (Å²) in [6, 6.07) is 0.825. The molecule has 0 spiro atoms. The molecular weight excluding hydrogens is 190 g/mol. The molecular formula is C12H25NS. The van der Waals surface area contributed by atoms with Crippen molar-refractivity contribution in [1.82, 2.24) is 5.32 Å². The molecule has 0 radical (unpaired) electrons. The molecule has 1 saturated carbocycles. The lowest BCUT2D eigenvalue weighted by molar-refractivity contribution is 0.283. The van der Waals surface area contributed by atoms with Gasteiger partial charge in [0, 0.05) is 18.3 Å². The van der Waals surface area contributed by atoms with Crippen molar-refractivity contribution in [2.24, 2.45) is 5.92 Å². The number of hydrogen-bond acceptors (Lipinski definition) is 2. The fourth-order valence-corrected chi connectivity index (χ4v) is 2.88. The Labute approximate surface area is 93.4 Å². The predicted molar refractivity (Wildman–Crippen MR) is 67.0 cm³/mol. The summed E-state index contributed by atoms with van der Waals surface area (Å²) in [7, 11) is 0. The van der Waals surface area contributed by atoms with Crippen molar-refractivity contribution in [3.63, 3.8) is 0 Å². The fraction of sp³-hybridized carbons (Fsp3) is 1.00. The summed E-state index contributed by atoms with van der Waals surface area (Å²) < 4.78 is 0. The first-order valence-corrected chi connectivity index (χ1v) is 7.33. The molecule has 0 bridgehead atoms. The molecule has 1 aliphatic carbocycles. The van der Waals surface area contributed by atoms with Gasteiger partial charge in [0.05, 0.1) is 0 Å². The largest absolute Gasteiger partial charge is 0.313 e. The zero-order valence-electron chi connectivity index (χ0n) is 9.72. The van der Waals surface area contributed by atoms with E-state index in [9.17, 15) is 0 Å². The van der Waals surface area contributed by atoms with Gasteiger partial charge in [0.2, 0.25) is 0 Å². The standard InChI is InChI=1S/C12H25NS/c1-3-11-6-5-7-12(10-11)13-8-9-14-4-2/h11-13H,3-10H2,1-2H3. The topological polar surface area (TPSA) is 12.0 Å². The normalized spacial score (nSPS) is 27.9. The first-order valence-electron chi connectivity index (χ1n) is 6.18. The summed E-state index contributed by atoms with van der Waals surface area (Å²) in [4.78, 5) is 0. The molecule has 1 N–H and O–H groups in total. The maximum atomic E-state index is 3.70. The number of rotatable bonds is 6. The molecule has 0 amide bonds. The van der Waals surface area contributed by atoms with E-state index in [2.05, 4.69) is 19.2 Å². The van der Waals surface area contributed by atoms with Crippen molar-refractivity contribution in [2.75, 3.05) is 18.1 Å². The van der Waals surface area contributed by atoms with Crippen molar-refractivity contribution in [3.05, 3.63) is 0 Å². The van der Waals surface area contributed by atoms with Crippen molar-refractivity contribution < 1.29 is 0 Å². The van der Waals surface area contributed by atoms with Gasteiger partial charge in [-0.25, -0.2) is 0 Å². The van der Waals surface area contributed by atoms with Crippen LogP contribution in [-0.2, 0) is 0 Å². The summed E-state index contributed by atoms with van der Waals surface area (Å²) in [5.74, 6) is 3.54. The zero-order valence-corrected chi connectivity index (χ0v) is 10.5. The van der Waals surface area contributed by atoms with Gasteiger partial charge in [0.15, 0.2) is 0 Å². The molecule has 1 fully saturated rings. The smallest absolute Gasteiger partial charge is 0.00700 e. The van der Waals surface area contributed by atoms with Crippen molar-refractivity contribution in [2.45, 2.75) is 52.0 Å². The minimum atomic E-state index is 0.825. The monoisotopic (exact) mass is 215 g/mol. The van der Waals surface area contributed by atoms with Crippen LogP contribution >= 0.6 is 11.8 Å². The Morgan fingerprint density at radius 1 is 1.29 bits per heavy atom. The van der Waals surface area contributed by atoms with E-state index in [4.69, 9.17) is 0 Å². The second-order valence-electron chi connectivity index (χ2n) is 4.29. The average molecular weight is 215 g/mol. The van der Waals surface area contributed by atoms with Gasteiger partial charge < -0.3 is 5.32 Å². The number of hydrogen-bond donors (Lipinski definition) is 1. The van der Waals surface area contributed by atoms with E-state index in [0.29, 0.717) is 0 Å². The van der Waals surface area contributed by atoms with Crippen LogP contribution in [0.4, 0.5) is 0 Å². The molecule has 0 aromatic heterocycles. The van der Waals surface area contributed by atoms with Crippen molar-refractivity contribution in [3.8, 4) is 0 Å². The molecule has 2 atom stereocenters. The lowest BCUT2D eigenvalue weighted by atomic mass is 9.84. The highest BCUT2D eigenvalue weighted by Gasteiger charge is 2.19. The predicted octanol–water partition coefficient (Wildman–Crippen LogP) is 3.30. The molecule has 0 aliphatic heterocycles. The lowest BCUT2D eigenvalue weighted by Crippen LogP contribution is -2.35. The van der Waals surface area contributed by atoms with Crippen LogP contribution in [0.5, 0.6) is 0 Å². The van der Waals surface area contributed by atoms with Crippen LogP contribution in [-0.4, -0.2) is 24.1 Å². The molecule has 0 saturated heterocycles. The first-order chi connectivity index (χ1) is 6.86. The van der Waals surface area contributed by atoms with Gasteiger partial charge in [-0.1, -0.05) is 33.1 Å². The summed E-state index contributed by atoms with van der Waals surface area (Å²) in [6.07, 6.45) is 7.12. The zero-order chi connectivity index (χ0) is 10.2. The molecule has 0 heterocycles. The van der Waals surface area contributed by atoms with Gasteiger partial charge in [-0.2, -0.15) is 11.8 Å². The molecule has 14 heavy (non-hydrogen) atoms. The van der Waals surface area contributed by atoms with Gasteiger partial charge in [-0.3, -0.25) is 0 Å². The van der Waals surface area contributed by atoms with Gasteiger partial charge in [0.1, 0.15) is 0 Å². The van der Waals surface area contributed by atoms with Crippen LogP contribution in [0.2, 0.25) is 0 Å². The number of thioether (sulfide) groups is 1. The summed E-state index contributed by atoms with van der Waals surface area (Å²) >= 11 is 2.04. The molecule has 0 aromatic rings. The van der Waals surface area contributed by atoms with E-state index in [-0.39, 0.29) is 0 Å². The average Bonchev–Trinajstić information content (AvgIpc) is 2.25. The van der Waals surface area contributed by atoms with Gasteiger partial charge in [-0.05, 0) is 24.5 Å². The van der Waals surface area contributed by atoms with E-state index in [0.717, 1.165) is 12.0 Å². The minimum absolute atomic E-state index is 0.825. The van der Waals surface area contributed by atoms with E-state index in [1.165, 1.54) is 50.2 Å². The van der Waals surface area contributed by atoms with Gasteiger partial charge in [0.25, 0.3) is 0 Å². The summed E-state index contributed by atoms with van der Waals surface area (Å²) in [5, 5.41) is 3.70. The third-order valence-corrected chi connectivity index (χ3v) is 4.14. The molecule has 84 valence electrons. The van der Waals surface area contributed by atoms with Crippen LogP contribution in [0.1, 0.15) is 46.0 Å². The molecule has 2 heteroatoms. The van der Waals surface area contributed by atoms with Crippen LogP contribution in [0.25, 0.3) is 0 Å². The summed E-state index contributed by atoms with van der Waals surface area (Å²) in [5.41, 5.74) is 0. The second-order valence-corrected chi connectivity index (χ2v) is 5.68.